The number of aryl methyl sites for hydroxylation is 1. The number of Topliss-reactive ketones (excluding diaryl/α,β-unsaturated/α-hetero) is 1. The number of carbonyl (C=O) groups is 1. The van der Waals surface area contributed by atoms with Crippen LogP contribution in [0.2, 0.25) is 5.02 Å². The molecule has 1 heterocycles. The fourth-order valence-corrected chi connectivity index (χ4v) is 4.97. The number of fused-ring (bicyclic) bond motifs is 1. The van der Waals surface area contributed by atoms with Crippen molar-refractivity contribution in [2.75, 3.05) is 6.61 Å². The number of aromatic nitrogens is 1. The molecule has 4 rings (SSSR count). The zero-order valence-corrected chi connectivity index (χ0v) is 17.8. The minimum Gasteiger partial charge on any atom is -0.492 e. The Kier molecular flexibility index (Phi) is 5.31. The highest BCUT2D eigenvalue weighted by Gasteiger charge is 2.28. The Hall–Kier alpha value is -2.82. The van der Waals surface area contributed by atoms with Crippen molar-refractivity contribution in [1.82, 2.24) is 3.97 Å². The third-order valence-corrected chi connectivity index (χ3v) is 7.10. The van der Waals surface area contributed by atoms with Crippen molar-refractivity contribution >= 4 is 38.3 Å². The molecular weight excluding hydrogens is 424 g/mol. The molecule has 0 saturated heterocycles. The van der Waals surface area contributed by atoms with Crippen molar-refractivity contribution in [3.63, 3.8) is 0 Å². The second-order valence-corrected chi connectivity index (χ2v) is 9.66. The molecule has 0 bridgehead atoms. The van der Waals surface area contributed by atoms with Gasteiger partial charge in [-0.1, -0.05) is 29.3 Å². The molecule has 30 heavy (non-hydrogen) atoms. The molecular formula is C22H19ClN2O4S. The number of halogens is 1. The first-order valence-corrected chi connectivity index (χ1v) is 11.3. The SMILES string of the molecule is Cc1ccc(S(=O)(=O)n2c(C(=O)CC#N)cc3cc(Cl)c(OCC4CC4)cc32)cc1. The van der Waals surface area contributed by atoms with Gasteiger partial charge in [-0.2, -0.15) is 5.26 Å². The van der Waals surface area contributed by atoms with E-state index in [0.717, 1.165) is 22.4 Å². The van der Waals surface area contributed by atoms with Crippen LogP contribution in [0.5, 0.6) is 5.75 Å². The number of nitrogens with zero attached hydrogens (tertiary/aromatic N) is 2. The maximum Gasteiger partial charge on any atom is 0.268 e. The van der Waals surface area contributed by atoms with Gasteiger partial charge >= 0.3 is 0 Å². The predicted molar refractivity (Wildman–Crippen MR) is 113 cm³/mol. The van der Waals surface area contributed by atoms with E-state index in [1.54, 1.807) is 30.3 Å². The summed E-state index contributed by atoms with van der Waals surface area (Å²) < 4.78 is 33.7. The summed E-state index contributed by atoms with van der Waals surface area (Å²) in [5, 5.41) is 9.78. The summed E-state index contributed by atoms with van der Waals surface area (Å²) in [6, 6.07) is 12.8. The summed E-state index contributed by atoms with van der Waals surface area (Å²) in [6.07, 6.45) is 1.77. The molecule has 1 aliphatic carbocycles. The Morgan fingerprint density at radius 2 is 1.93 bits per heavy atom. The Morgan fingerprint density at radius 3 is 2.57 bits per heavy atom. The van der Waals surface area contributed by atoms with Gasteiger partial charge in [0.25, 0.3) is 10.0 Å². The van der Waals surface area contributed by atoms with Crippen LogP contribution in [0.25, 0.3) is 10.9 Å². The molecule has 8 heteroatoms. The molecule has 0 N–H and O–H groups in total. The molecule has 0 aliphatic heterocycles. The molecule has 154 valence electrons. The molecule has 0 amide bonds. The van der Waals surface area contributed by atoms with Crippen LogP contribution < -0.4 is 4.74 Å². The van der Waals surface area contributed by atoms with Crippen LogP contribution in [0.4, 0.5) is 0 Å². The topological polar surface area (TPSA) is 89.2 Å². The van der Waals surface area contributed by atoms with E-state index >= 15 is 0 Å². The number of ketones is 1. The molecule has 2 aromatic carbocycles. The summed E-state index contributed by atoms with van der Waals surface area (Å²) in [7, 11) is -4.09. The van der Waals surface area contributed by atoms with Crippen LogP contribution in [0, 0.1) is 24.2 Å². The summed E-state index contributed by atoms with van der Waals surface area (Å²) in [6.45, 7) is 2.37. The van der Waals surface area contributed by atoms with Crippen LogP contribution in [0.15, 0.2) is 47.4 Å². The quantitative estimate of drug-likeness (QED) is 0.493. The van der Waals surface area contributed by atoms with Crippen molar-refractivity contribution in [2.24, 2.45) is 5.92 Å². The van der Waals surface area contributed by atoms with E-state index in [1.165, 1.54) is 18.2 Å². The van der Waals surface area contributed by atoms with Gasteiger partial charge < -0.3 is 4.74 Å². The van der Waals surface area contributed by atoms with Crippen molar-refractivity contribution in [3.8, 4) is 11.8 Å². The molecule has 1 fully saturated rings. The summed E-state index contributed by atoms with van der Waals surface area (Å²) in [5.41, 5.74) is 1.12. The lowest BCUT2D eigenvalue weighted by Crippen LogP contribution is -2.18. The molecule has 3 aromatic rings. The summed E-state index contributed by atoms with van der Waals surface area (Å²) in [5.74, 6) is 0.280. The minimum absolute atomic E-state index is 0.0482. The Labute approximate surface area is 179 Å². The van der Waals surface area contributed by atoms with Gasteiger partial charge in [-0.15, -0.1) is 0 Å². The van der Waals surface area contributed by atoms with Gasteiger partial charge in [0.1, 0.15) is 17.9 Å². The zero-order valence-electron chi connectivity index (χ0n) is 16.3. The third kappa shape index (κ3) is 3.81. The molecule has 1 saturated carbocycles. The van der Waals surface area contributed by atoms with E-state index in [0.29, 0.717) is 28.7 Å². The Morgan fingerprint density at radius 1 is 1.23 bits per heavy atom. The maximum atomic E-state index is 13.5. The number of benzene rings is 2. The van der Waals surface area contributed by atoms with Crippen LogP contribution in [-0.2, 0) is 10.0 Å². The van der Waals surface area contributed by atoms with Gasteiger partial charge in [0, 0.05) is 11.5 Å². The molecule has 0 radical (unpaired) electrons. The van der Waals surface area contributed by atoms with Crippen molar-refractivity contribution in [2.45, 2.75) is 31.1 Å². The first-order chi connectivity index (χ1) is 14.3. The average Bonchev–Trinajstić information content (AvgIpc) is 3.45. The van der Waals surface area contributed by atoms with Gasteiger partial charge in [-0.25, -0.2) is 12.4 Å². The lowest BCUT2D eigenvalue weighted by atomic mass is 10.2. The predicted octanol–water partition coefficient (Wildman–Crippen LogP) is 4.73. The lowest BCUT2D eigenvalue weighted by molar-refractivity contribution is 0.0992. The number of rotatable bonds is 7. The molecule has 1 aliphatic rings. The molecule has 1 aromatic heterocycles. The van der Waals surface area contributed by atoms with E-state index < -0.39 is 22.2 Å². The largest absolute Gasteiger partial charge is 0.492 e. The second kappa shape index (κ2) is 7.78. The van der Waals surface area contributed by atoms with E-state index in [-0.39, 0.29) is 16.1 Å². The van der Waals surface area contributed by atoms with Gasteiger partial charge in [-0.3, -0.25) is 4.79 Å². The zero-order chi connectivity index (χ0) is 21.5. The van der Waals surface area contributed by atoms with Crippen LogP contribution >= 0.6 is 11.6 Å². The Balaban J connectivity index is 1.92. The monoisotopic (exact) mass is 442 g/mol. The smallest absolute Gasteiger partial charge is 0.268 e. The maximum absolute atomic E-state index is 13.5. The number of carbonyl (C=O) groups excluding carboxylic acids is 1. The van der Waals surface area contributed by atoms with Gasteiger partial charge in [-0.05, 0) is 49.9 Å². The first kappa shape index (κ1) is 20.5. The van der Waals surface area contributed by atoms with Gasteiger partial charge in [0.05, 0.1) is 28.1 Å². The van der Waals surface area contributed by atoms with E-state index in [2.05, 4.69) is 0 Å². The summed E-state index contributed by atoms with van der Waals surface area (Å²) >= 11 is 6.34. The fourth-order valence-electron chi connectivity index (χ4n) is 3.22. The second-order valence-electron chi connectivity index (χ2n) is 7.47. The van der Waals surface area contributed by atoms with Crippen LogP contribution in [0.3, 0.4) is 0 Å². The molecule has 0 atom stereocenters. The third-order valence-electron chi connectivity index (χ3n) is 5.07. The molecule has 0 unspecified atom stereocenters. The van der Waals surface area contributed by atoms with Crippen molar-refractivity contribution in [3.05, 3.63) is 58.7 Å². The molecule has 6 nitrogen and oxygen atoms in total. The average molecular weight is 443 g/mol. The highest BCUT2D eigenvalue weighted by Crippen LogP contribution is 2.36. The minimum atomic E-state index is -4.09. The standard InChI is InChI=1S/C22H19ClN2O4S/c1-14-2-6-17(7-3-14)30(27,28)25-19-12-22(29-13-15-4-5-15)18(23)10-16(19)11-20(25)21(26)8-9-24/h2-3,6-7,10-12,15H,4-5,8,13H2,1H3. The number of ether oxygens (including phenoxy) is 1. The fraction of sp³-hybridized carbons (Fsp3) is 0.273. The highest BCUT2D eigenvalue weighted by atomic mass is 35.5. The normalized spacial score (nSPS) is 13.9. The van der Waals surface area contributed by atoms with Crippen LogP contribution in [0.1, 0.15) is 35.3 Å². The highest BCUT2D eigenvalue weighted by molar-refractivity contribution is 7.90. The van der Waals surface area contributed by atoms with Gasteiger partial charge in [0.15, 0.2) is 5.78 Å². The number of hydrogen-bond donors (Lipinski definition) is 0. The van der Waals surface area contributed by atoms with Gasteiger partial charge in [0.2, 0.25) is 0 Å². The lowest BCUT2D eigenvalue weighted by Gasteiger charge is -2.13. The molecule has 0 spiro atoms. The number of nitriles is 1. The first-order valence-electron chi connectivity index (χ1n) is 9.51. The summed E-state index contributed by atoms with van der Waals surface area (Å²) in [4.78, 5) is 12.6. The van der Waals surface area contributed by atoms with Crippen molar-refractivity contribution < 1.29 is 17.9 Å². The van der Waals surface area contributed by atoms with Crippen molar-refractivity contribution in [1.29, 1.82) is 5.26 Å². The van der Waals surface area contributed by atoms with Crippen LogP contribution in [-0.4, -0.2) is 24.8 Å². The van der Waals surface area contributed by atoms with E-state index in [1.807, 2.05) is 6.92 Å². The van der Waals surface area contributed by atoms with E-state index in [4.69, 9.17) is 21.6 Å². The number of hydrogen-bond acceptors (Lipinski definition) is 5. The Bertz CT molecular complexity index is 1280. The van der Waals surface area contributed by atoms with E-state index in [9.17, 15) is 13.2 Å².